The minimum absolute atomic E-state index is 0.342. The maximum atomic E-state index is 6.93. The Kier molecular flexibility index (Phi) is 18.0. The molecule has 2 unspecified atom stereocenters. The van der Waals surface area contributed by atoms with Gasteiger partial charge in [0.1, 0.15) is 0 Å². The van der Waals surface area contributed by atoms with Crippen molar-refractivity contribution in [3.63, 3.8) is 0 Å². The molecule has 2 fully saturated rings. The first kappa shape index (κ1) is 32.3. The van der Waals surface area contributed by atoms with E-state index in [0.717, 1.165) is 12.2 Å². The Morgan fingerprint density at radius 2 is 0.722 bits per heavy atom. The van der Waals surface area contributed by atoms with Gasteiger partial charge in [-0.2, -0.15) is 0 Å². The van der Waals surface area contributed by atoms with Gasteiger partial charge in [-0.25, -0.2) is 0 Å². The third-order valence-electron chi connectivity index (χ3n) is 11.0. The van der Waals surface area contributed by atoms with Gasteiger partial charge in [-0.1, -0.05) is 187 Å². The Bertz CT molecular complexity index is 483. The summed E-state index contributed by atoms with van der Waals surface area (Å²) in [4.78, 5) is 0. The van der Waals surface area contributed by atoms with Crippen molar-refractivity contribution in [2.75, 3.05) is 0 Å². The van der Waals surface area contributed by atoms with Crippen LogP contribution in [0.4, 0.5) is 0 Å². The van der Waals surface area contributed by atoms with Gasteiger partial charge in [0.05, 0.1) is 7.85 Å². The minimum atomic E-state index is 0.342. The molecule has 0 heterocycles. The highest BCUT2D eigenvalue weighted by atomic mass is 14.5. The van der Waals surface area contributed by atoms with Crippen LogP contribution in [0.15, 0.2) is 0 Å². The second kappa shape index (κ2) is 20.0. The van der Waals surface area contributed by atoms with Crippen molar-refractivity contribution in [1.29, 1.82) is 0 Å². The molecule has 1 heteroatoms. The molecule has 0 spiro atoms. The van der Waals surface area contributed by atoms with Crippen LogP contribution in [-0.2, 0) is 0 Å². The lowest BCUT2D eigenvalue weighted by Crippen LogP contribution is -2.45. The van der Waals surface area contributed by atoms with E-state index >= 15 is 0 Å². The quantitative estimate of drug-likeness (QED) is 0.332. The third-order valence-corrected chi connectivity index (χ3v) is 11.0. The maximum Gasteiger partial charge on any atom is 0.0660 e. The molecule has 36 heavy (non-hydrogen) atoms. The summed E-state index contributed by atoms with van der Waals surface area (Å²) >= 11 is 0. The summed E-state index contributed by atoms with van der Waals surface area (Å²) in [5, 5.41) is 0. The fourth-order valence-corrected chi connectivity index (χ4v) is 8.23. The highest BCUT2D eigenvalue weighted by Gasteiger charge is 2.47. The third kappa shape index (κ3) is 11.8. The van der Waals surface area contributed by atoms with Crippen LogP contribution in [0.25, 0.3) is 0 Å². The summed E-state index contributed by atoms with van der Waals surface area (Å²) in [6.07, 6.45) is 43.0. The molecule has 210 valence electrons. The van der Waals surface area contributed by atoms with Crippen molar-refractivity contribution < 1.29 is 0 Å². The summed E-state index contributed by atoms with van der Waals surface area (Å²) in [7, 11) is 6.93. The lowest BCUT2D eigenvalue weighted by atomic mass is 9.48. The van der Waals surface area contributed by atoms with Gasteiger partial charge < -0.3 is 0 Å². The van der Waals surface area contributed by atoms with Crippen LogP contribution >= 0.6 is 0 Å². The molecular formula is C35H67B. The van der Waals surface area contributed by atoms with E-state index in [-0.39, 0.29) is 0 Å². The van der Waals surface area contributed by atoms with Crippen LogP contribution in [0.3, 0.4) is 0 Å². The maximum absolute atomic E-state index is 6.93. The SMILES string of the molecule is [B]CC1(C2(C)CCCCCCCCCCCCCC2)CCCCCCCCCCCCCCCC1C. The Hall–Kier alpha value is 0.0649. The molecule has 0 nitrogen and oxygen atoms in total. The van der Waals surface area contributed by atoms with Gasteiger partial charge in [0.25, 0.3) is 0 Å². The Balaban J connectivity index is 2.14. The van der Waals surface area contributed by atoms with Crippen LogP contribution in [0.5, 0.6) is 0 Å². The summed E-state index contributed by atoms with van der Waals surface area (Å²) in [6.45, 7) is 5.35. The first-order valence-corrected chi connectivity index (χ1v) is 17.3. The van der Waals surface area contributed by atoms with E-state index in [1.165, 1.54) is 186 Å². The molecule has 0 saturated heterocycles. The number of rotatable bonds is 2. The molecule has 0 aromatic carbocycles. The Morgan fingerprint density at radius 3 is 1.06 bits per heavy atom. The first-order chi connectivity index (χ1) is 17.6. The van der Waals surface area contributed by atoms with E-state index in [4.69, 9.17) is 7.85 Å². The van der Waals surface area contributed by atoms with E-state index < -0.39 is 0 Å². The fourth-order valence-electron chi connectivity index (χ4n) is 8.23. The van der Waals surface area contributed by atoms with Crippen molar-refractivity contribution >= 4 is 7.85 Å². The van der Waals surface area contributed by atoms with Gasteiger partial charge in [0.15, 0.2) is 0 Å². The molecule has 2 rings (SSSR count). The zero-order valence-corrected chi connectivity index (χ0v) is 25.4. The molecule has 0 aromatic heterocycles. The average Bonchev–Trinajstić information content (AvgIpc) is 2.88. The highest BCUT2D eigenvalue weighted by Crippen LogP contribution is 2.57. The van der Waals surface area contributed by atoms with Gasteiger partial charge in [0, 0.05) is 0 Å². The lowest BCUT2D eigenvalue weighted by Gasteiger charge is -2.54. The molecule has 2 radical (unpaired) electrons. The zero-order valence-electron chi connectivity index (χ0n) is 25.4. The number of hydrogen-bond donors (Lipinski definition) is 0. The smallest absolute Gasteiger partial charge is 0.0660 e. The van der Waals surface area contributed by atoms with Crippen molar-refractivity contribution in [1.82, 2.24) is 0 Å². The van der Waals surface area contributed by atoms with Crippen LogP contribution in [0.2, 0.25) is 6.32 Å². The molecule has 2 saturated carbocycles. The second-order valence-corrected chi connectivity index (χ2v) is 13.7. The standard InChI is InChI=1S/C35H67B/c1-33-28-24-20-16-12-8-4-3-5-11-15-19-23-27-31-35(33,32-36)34(2)29-25-21-17-13-9-6-7-10-14-18-22-26-30-34/h33H,3-32H2,1-2H3. The van der Waals surface area contributed by atoms with E-state index in [0.29, 0.717) is 10.8 Å². The molecule has 0 aromatic rings. The average molecular weight is 499 g/mol. The van der Waals surface area contributed by atoms with E-state index in [1.807, 2.05) is 0 Å². The Labute approximate surface area is 230 Å². The van der Waals surface area contributed by atoms with Crippen molar-refractivity contribution in [2.45, 2.75) is 206 Å². The Morgan fingerprint density at radius 1 is 0.444 bits per heavy atom. The largest absolute Gasteiger partial charge is 0.0824 e. The molecule has 0 N–H and O–H groups in total. The van der Waals surface area contributed by atoms with Gasteiger partial charge in [-0.3, -0.25) is 0 Å². The van der Waals surface area contributed by atoms with E-state index in [2.05, 4.69) is 13.8 Å². The summed E-state index contributed by atoms with van der Waals surface area (Å²) in [6, 6.07) is 0. The van der Waals surface area contributed by atoms with E-state index in [9.17, 15) is 0 Å². The second-order valence-electron chi connectivity index (χ2n) is 13.7. The van der Waals surface area contributed by atoms with Gasteiger partial charge in [-0.15, -0.1) is 0 Å². The normalized spacial score (nSPS) is 30.9. The predicted octanol–water partition coefficient (Wildman–Crippen LogP) is 12.5. The minimum Gasteiger partial charge on any atom is -0.0824 e. The molecular weight excluding hydrogens is 431 g/mol. The molecule has 0 amide bonds. The zero-order chi connectivity index (χ0) is 25.8. The van der Waals surface area contributed by atoms with Gasteiger partial charge in [0.2, 0.25) is 0 Å². The molecule has 2 aliphatic rings. The lowest BCUT2D eigenvalue weighted by molar-refractivity contribution is -0.0200. The van der Waals surface area contributed by atoms with Crippen LogP contribution in [-0.4, -0.2) is 7.85 Å². The van der Waals surface area contributed by atoms with Crippen molar-refractivity contribution in [3.05, 3.63) is 0 Å². The van der Waals surface area contributed by atoms with E-state index in [1.54, 1.807) is 0 Å². The van der Waals surface area contributed by atoms with Crippen LogP contribution < -0.4 is 0 Å². The van der Waals surface area contributed by atoms with Gasteiger partial charge in [-0.05, 0) is 36.0 Å². The monoisotopic (exact) mass is 499 g/mol. The first-order valence-electron chi connectivity index (χ1n) is 17.3. The summed E-state index contributed by atoms with van der Waals surface area (Å²) in [5.74, 6) is 0.769. The fraction of sp³-hybridized carbons (Fsp3) is 1.00. The molecule has 0 bridgehead atoms. The van der Waals surface area contributed by atoms with Crippen molar-refractivity contribution in [3.8, 4) is 0 Å². The number of hydrogen-bond acceptors (Lipinski definition) is 0. The topological polar surface area (TPSA) is 0 Å². The molecule has 0 aliphatic heterocycles. The highest BCUT2D eigenvalue weighted by molar-refractivity contribution is 6.09. The molecule has 2 aliphatic carbocycles. The molecule has 2 atom stereocenters. The predicted molar refractivity (Wildman–Crippen MR) is 164 cm³/mol. The van der Waals surface area contributed by atoms with Gasteiger partial charge >= 0.3 is 0 Å². The van der Waals surface area contributed by atoms with Crippen LogP contribution in [0, 0.1) is 16.7 Å². The summed E-state index contributed by atoms with van der Waals surface area (Å²) < 4.78 is 0. The van der Waals surface area contributed by atoms with Crippen molar-refractivity contribution in [2.24, 2.45) is 16.7 Å². The summed E-state index contributed by atoms with van der Waals surface area (Å²) in [5.41, 5.74) is 0.763. The van der Waals surface area contributed by atoms with Crippen LogP contribution in [0.1, 0.15) is 200 Å².